The van der Waals surface area contributed by atoms with Crippen LogP contribution in [0.3, 0.4) is 0 Å². The quantitative estimate of drug-likeness (QED) is 0.699. The normalized spacial score (nSPS) is 7.82. The zero-order chi connectivity index (χ0) is 8.69. The van der Waals surface area contributed by atoms with Crippen LogP contribution in [-0.4, -0.2) is 11.1 Å². The van der Waals surface area contributed by atoms with Gasteiger partial charge in [0.25, 0.3) is 0 Å². The summed E-state index contributed by atoms with van der Waals surface area (Å²) < 4.78 is 8.38. The van der Waals surface area contributed by atoms with Gasteiger partial charge in [0.15, 0.2) is 0 Å². The Morgan fingerprint density at radius 3 is 1.91 bits per heavy atom. The van der Waals surface area contributed by atoms with Crippen LogP contribution < -0.4 is 0 Å². The summed E-state index contributed by atoms with van der Waals surface area (Å²) in [6.07, 6.45) is 0. The summed E-state index contributed by atoms with van der Waals surface area (Å²) in [7, 11) is 0. The molecule has 0 aromatic heterocycles. The summed E-state index contributed by atoms with van der Waals surface area (Å²) in [5.41, 5.74) is 0.331. The SMILES string of the molecule is O=C(O)c1ccccc1.[O]=[Zn]. The van der Waals surface area contributed by atoms with E-state index in [4.69, 9.17) is 8.68 Å². The van der Waals surface area contributed by atoms with Crippen molar-refractivity contribution >= 4 is 5.97 Å². The number of aromatic carboxylic acids is 1. The second-order valence-corrected chi connectivity index (χ2v) is 1.67. The van der Waals surface area contributed by atoms with Gasteiger partial charge in [-0.05, 0) is 12.1 Å². The van der Waals surface area contributed by atoms with Crippen LogP contribution in [0.2, 0.25) is 0 Å². The van der Waals surface area contributed by atoms with E-state index in [0.717, 1.165) is 0 Å². The van der Waals surface area contributed by atoms with E-state index in [-0.39, 0.29) is 18.3 Å². The minimum absolute atomic E-state index is 0.125. The molecule has 1 aromatic rings. The van der Waals surface area contributed by atoms with Crippen LogP contribution in [0.5, 0.6) is 0 Å². The molecule has 1 aromatic carbocycles. The third kappa shape index (κ3) is 3.73. The van der Waals surface area contributed by atoms with Gasteiger partial charge in [-0.15, -0.1) is 0 Å². The molecule has 0 spiro atoms. The standard InChI is InChI=1S/C7H6O2.O.Zn/c8-7(9)6-4-2-1-3-5-6;;/h1-5H,(H,8,9);;. The summed E-state index contributed by atoms with van der Waals surface area (Å²) in [5.74, 6) is -0.879. The zero-order valence-corrected chi connectivity index (χ0v) is 8.82. The van der Waals surface area contributed by atoms with Crippen molar-refractivity contribution in [3.8, 4) is 0 Å². The molecule has 0 saturated heterocycles. The topological polar surface area (TPSA) is 54.4 Å². The Hall–Kier alpha value is -0.887. The maximum absolute atomic E-state index is 10.2. The zero-order valence-electron chi connectivity index (χ0n) is 5.86. The van der Waals surface area contributed by atoms with Gasteiger partial charge >= 0.3 is 27.8 Å². The number of carboxylic acid groups (broad SMARTS) is 1. The van der Waals surface area contributed by atoms with Crippen LogP contribution >= 0.6 is 0 Å². The fourth-order valence-electron chi connectivity index (χ4n) is 0.581. The molecule has 0 saturated carbocycles. The molecule has 0 aliphatic rings. The van der Waals surface area contributed by atoms with Crippen LogP contribution in [-0.2, 0) is 21.8 Å². The second kappa shape index (κ2) is 5.87. The number of hydrogen-bond donors (Lipinski definition) is 1. The Labute approximate surface area is 74.0 Å². The van der Waals surface area contributed by atoms with Gasteiger partial charge in [0.1, 0.15) is 0 Å². The van der Waals surface area contributed by atoms with Crippen molar-refractivity contribution in [1.82, 2.24) is 0 Å². The summed E-state index contributed by atoms with van der Waals surface area (Å²) in [6.45, 7) is 0. The predicted octanol–water partition coefficient (Wildman–Crippen LogP) is 1.26. The first-order valence-corrected chi connectivity index (χ1v) is 4.09. The molecule has 11 heavy (non-hydrogen) atoms. The number of carboxylic acids is 1. The van der Waals surface area contributed by atoms with Crippen molar-refractivity contribution in [1.29, 1.82) is 0 Å². The Kier molecular flexibility index (Phi) is 5.39. The van der Waals surface area contributed by atoms with Gasteiger partial charge in [0, 0.05) is 0 Å². The fourth-order valence-corrected chi connectivity index (χ4v) is 0.581. The molecule has 4 heteroatoms. The fraction of sp³-hybridized carbons (Fsp3) is 0. The summed E-state index contributed by atoms with van der Waals surface area (Å²) in [6, 6.07) is 8.30. The van der Waals surface area contributed by atoms with Crippen molar-refractivity contribution in [2.24, 2.45) is 0 Å². The van der Waals surface area contributed by atoms with E-state index in [9.17, 15) is 4.79 Å². The van der Waals surface area contributed by atoms with E-state index in [2.05, 4.69) is 0 Å². The summed E-state index contributed by atoms with van der Waals surface area (Å²) >= 11 is 0.125. The molecular formula is C7H6O3Zn. The third-order valence-electron chi connectivity index (χ3n) is 1.02. The van der Waals surface area contributed by atoms with Gasteiger partial charge < -0.3 is 5.11 Å². The van der Waals surface area contributed by atoms with Crippen LogP contribution in [0.15, 0.2) is 30.3 Å². The Morgan fingerprint density at radius 1 is 1.18 bits per heavy atom. The molecule has 0 heterocycles. The average molecular weight is 204 g/mol. The number of hydrogen-bond acceptors (Lipinski definition) is 2. The first-order chi connectivity index (χ1) is 5.30. The van der Waals surface area contributed by atoms with Crippen LogP contribution in [0, 0.1) is 0 Å². The molecule has 0 amide bonds. The van der Waals surface area contributed by atoms with Gasteiger partial charge in [0.2, 0.25) is 0 Å². The van der Waals surface area contributed by atoms with Crippen LogP contribution in [0.1, 0.15) is 10.4 Å². The van der Waals surface area contributed by atoms with Crippen LogP contribution in [0.25, 0.3) is 0 Å². The molecule has 0 bridgehead atoms. The van der Waals surface area contributed by atoms with E-state index >= 15 is 0 Å². The van der Waals surface area contributed by atoms with Gasteiger partial charge in [0.05, 0.1) is 5.56 Å². The van der Waals surface area contributed by atoms with Gasteiger partial charge in [-0.2, -0.15) is 0 Å². The van der Waals surface area contributed by atoms with Crippen molar-refractivity contribution in [2.75, 3.05) is 0 Å². The Bertz CT molecular complexity index is 222. The van der Waals surface area contributed by atoms with Crippen molar-refractivity contribution < 1.29 is 31.7 Å². The van der Waals surface area contributed by atoms with Crippen molar-refractivity contribution in [3.63, 3.8) is 0 Å². The molecule has 0 aliphatic carbocycles. The van der Waals surface area contributed by atoms with E-state index in [1.54, 1.807) is 30.3 Å². The monoisotopic (exact) mass is 202 g/mol. The minimum atomic E-state index is -0.879. The molecule has 54 valence electrons. The molecule has 3 nitrogen and oxygen atoms in total. The first kappa shape index (κ1) is 10.1. The molecular weight excluding hydrogens is 197 g/mol. The summed E-state index contributed by atoms with van der Waals surface area (Å²) in [4.78, 5) is 10.2. The van der Waals surface area contributed by atoms with E-state index < -0.39 is 5.97 Å². The third-order valence-corrected chi connectivity index (χ3v) is 1.02. The first-order valence-electron chi connectivity index (χ1n) is 2.88. The number of carbonyl (C=O) groups is 1. The second-order valence-electron chi connectivity index (χ2n) is 1.67. The van der Waals surface area contributed by atoms with Gasteiger partial charge in [-0.3, -0.25) is 0 Å². The Morgan fingerprint density at radius 2 is 1.64 bits per heavy atom. The maximum atomic E-state index is 10.2. The average Bonchev–Trinajstić information content (AvgIpc) is 2.10. The summed E-state index contributed by atoms with van der Waals surface area (Å²) in [5, 5.41) is 8.38. The number of rotatable bonds is 1. The van der Waals surface area contributed by atoms with E-state index in [1.165, 1.54) is 0 Å². The molecule has 0 radical (unpaired) electrons. The van der Waals surface area contributed by atoms with Crippen molar-refractivity contribution in [2.45, 2.75) is 0 Å². The molecule has 0 aliphatic heterocycles. The van der Waals surface area contributed by atoms with E-state index in [1.807, 2.05) is 0 Å². The van der Waals surface area contributed by atoms with E-state index in [0.29, 0.717) is 5.56 Å². The van der Waals surface area contributed by atoms with Gasteiger partial charge in [-0.25, -0.2) is 4.79 Å². The molecule has 1 rings (SSSR count). The number of benzene rings is 1. The van der Waals surface area contributed by atoms with Crippen molar-refractivity contribution in [3.05, 3.63) is 35.9 Å². The molecule has 0 fully saturated rings. The molecule has 1 N–H and O–H groups in total. The molecule has 0 unspecified atom stereocenters. The Balaban J connectivity index is 0.000000461. The predicted molar refractivity (Wildman–Crippen MR) is 34.1 cm³/mol. The molecule has 0 atom stereocenters. The van der Waals surface area contributed by atoms with Gasteiger partial charge in [-0.1, -0.05) is 18.2 Å². The van der Waals surface area contributed by atoms with Crippen LogP contribution in [0.4, 0.5) is 0 Å².